The molecule has 0 amide bonds. The topological polar surface area (TPSA) is 40.5 Å². The Morgan fingerprint density at radius 3 is 2.21 bits per heavy atom. The van der Waals surface area contributed by atoms with E-state index in [-0.39, 0.29) is 5.92 Å². The first-order valence-corrected chi connectivity index (χ1v) is 5.49. The third-order valence-electron chi connectivity index (χ3n) is 2.58. The van der Waals surface area contributed by atoms with Crippen LogP contribution in [0.2, 0.25) is 0 Å². The van der Waals surface area contributed by atoms with Crippen LogP contribution in [0.15, 0.2) is 0 Å². The predicted octanol–water partition coefficient (Wildman–Crippen LogP) is 2.22. The third kappa shape index (κ3) is 4.61. The molecule has 1 N–H and O–H groups in total. The first-order chi connectivity index (χ1) is 6.52. The minimum Gasteiger partial charge on any atom is -0.481 e. The van der Waals surface area contributed by atoms with Gasteiger partial charge in [0.2, 0.25) is 0 Å². The van der Waals surface area contributed by atoms with Gasteiger partial charge in [-0.2, -0.15) is 0 Å². The van der Waals surface area contributed by atoms with Gasteiger partial charge in [-0.1, -0.05) is 20.3 Å². The van der Waals surface area contributed by atoms with Crippen LogP contribution in [0, 0.1) is 5.92 Å². The summed E-state index contributed by atoms with van der Waals surface area (Å²) in [7, 11) is 0. The highest BCUT2D eigenvalue weighted by Gasteiger charge is 2.20. The van der Waals surface area contributed by atoms with Crippen LogP contribution in [0.4, 0.5) is 0 Å². The quantitative estimate of drug-likeness (QED) is 0.686. The highest BCUT2D eigenvalue weighted by atomic mass is 16.4. The van der Waals surface area contributed by atoms with E-state index in [0.29, 0.717) is 12.6 Å². The Balaban J connectivity index is 4.18. The van der Waals surface area contributed by atoms with Crippen molar-refractivity contribution in [3.05, 3.63) is 0 Å². The number of carboxylic acid groups (broad SMARTS) is 1. The van der Waals surface area contributed by atoms with Crippen molar-refractivity contribution in [3.8, 4) is 0 Å². The van der Waals surface area contributed by atoms with Gasteiger partial charge in [0, 0.05) is 12.6 Å². The van der Waals surface area contributed by atoms with Gasteiger partial charge in [0.25, 0.3) is 0 Å². The Morgan fingerprint density at radius 1 is 1.36 bits per heavy atom. The molecule has 0 spiro atoms. The van der Waals surface area contributed by atoms with Crippen molar-refractivity contribution < 1.29 is 9.90 Å². The minimum atomic E-state index is -0.661. The van der Waals surface area contributed by atoms with Crippen LogP contribution >= 0.6 is 0 Å². The molecule has 0 saturated heterocycles. The summed E-state index contributed by atoms with van der Waals surface area (Å²) >= 11 is 0. The molecular weight excluding hydrogens is 178 g/mol. The largest absolute Gasteiger partial charge is 0.481 e. The van der Waals surface area contributed by atoms with Gasteiger partial charge in [0.1, 0.15) is 0 Å². The van der Waals surface area contributed by atoms with E-state index in [0.717, 1.165) is 19.4 Å². The number of carbonyl (C=O) groups is 1. The lowest BCUT2D eigenvalue weighted by molar-refractivity contribution is -0.142. The van der Waals surface area contributed by atoms with Crippen molar-refractivity contribution in [1.82, 2.24) is 4.90 Å². The predicted molar refractivity (Wildman–Crippen MR) is 58.4 cm³/mol. The zero-order valence-corrected chi connectivity index (χ0v) is 9.79. The highest BCUT2D eigenvalue weighted by molar-refractivity contribution is 5.70. The Morgan fingerprint density at radius 2 is 1.93 bits per heavy atom. The van der Waals surface area contributed by atoms with Gasteiger partial charge in [-0.25, -0.2) is 0 Å². The molecule has 3 heteroatoms. The summed E-state index contributed by atoms with van der Waals surface area (Å²) in [6, 6.07) is 0.429. The second-order valence-corrected chi connectivity index (χ2v) is 4.01. The molecule has 0 fully saturated rings. The van der Waals surface area contributed by atoms with E-state index in [2.05, 4.69) is 25.7 Å². The van der Waals surface area contributed by atoms with E-state index < -0.39 is 5.97 Å². The Bertz CT molecular complexity index is 169. The zero-order chi connectivity index (χ0) is 11.1. The first-order valence-electron chi connectivity index (χ1n) is 5.49. The fourth-order valence-electron chi connectivity index (χ4n) is 1.63. The summed E-state index contributed by atoms with van der Waals surface area (Å²) < 4.78 is 0. The van der Waals surface area contributed by atoms with Crippen molar-refractivity contribution >= 4 is 5.97 Å². The van der Waals surface area contributed by atoms with Crippen LogP contribution < -0.4 is 0 Å². The van der Waals surface area contributed by atoms with Gasteiger partial charge < -0.3 is 10.0 Å². The van der Waals surface area contributed by atoms with E-state index in [9.17, 15) is 4.79 Å². The molecule has 0 saturated carbocycles. The van der Waals surface area contributed by atoms with E-state index in [1.54, 1.807) is 0 Å². The van der Waals surface area contributed by atoms with Gasteiger partial charge in [-0.3, -0.25) is 4.79 Å². The Hall–Kier alpha value is -0.570. The summed E-state index contributed by atoms with van der Waals surface area (Å²) in [5, 5.41) is 9.00. The molecule has 0 heterocycles. The van der Waals surface area contributed by atoms with Crippen LogP contribution in [0.5, 0.6) is 0 Å². The van der Waals surface area contributed by atoms with Crippen LogP contribution in [-0.2, 0) is 4.79 Å². The maximum atomic E-state index is 10.9. The van der Waals surface area contributed by atoms with Crippen molar-refractivity contribution in [1.29, 1.82) is 0 Å². The SMILES string of the molecule is CCCC(CN(CC)C(C)C)C(=O)O. The second-order valence-electron chi connectivity index (χ2n) is 4.01. The van der Waals surface area contributed by atoms with Crippen molar-refractivity contribution in [3.63, 3.8) is 0 Å². The molecule has 0 radical (unpaired) electrons. The normalized spacial score (nSPS) is 13.6. The van der Waals surface area contributed by atoms with Crippen LogP contribution in [-0.4, -0.2) is 35.1 Å². The van der Waals surface area contributed by atoms with E-state index >= 15 is 0 Å². The lowest BCUT2D eigenvalue weighted by atomic mass is 10.0. The average molecular weight is 201 g/mol. The smallest absolute Gasteiger partial charge is 0.307 e. The molecule has 0 aromatic carbocycles. The van der Waals surface area contributed by atoms with Gasteiger partial charge in [0.15, 0.2) is 0 Å². The molecule has 0 bridgehead atoms. The lowest BCUT2D eigenvalue weighted by Gasteiger charge is -2.27. The fraction of sp³-hybridized carbons (Fsp3) is 0.909. The highest BCUT2D eigenvalue weighted by Crippen LogP contribution is 2.11. The molecule has 14 heavy (non-hydrogen) atoms. The number of rotatable bonds is 7. The first kappa shape index (κ1) is 13.4. The molecule has 0 aliphatic carbocycles. The molecule has 0 aliphatic rings. The Kier molecular flexibility index (Phi) is 6.54. The van der Waals surface area contributed by atoms with Crippen molar-refractivity contribution in [2.75, 3.05) is 13.1 Å². The van der Waals surface area contributed by atoms with Gasteiger partial charge in [-0.15, -0.1) is 0 Å². The summed E-state index contributed by atoms with van der Waals surface area (Å²) in [6.45, 7) is 9.91. The number of carboxylic acids is 1. The maximum Gasteiger partial charge on any atom is 0.307 e. The summed E-state index contributed by atoms with van der Waals surface area (Å²) in [6.07, 6.45) is 1.71. The van der Waals surface area contributed by atoms with Crippen LogP contribution in [0.1, 0.15) is 40.5 Å². The van der Waals surface area contributed by atoms with Crippen molar-refractivity contribution in [2.24, 2.45) is 5.92 Å². The Labute approximate surface area is 87.1 Å². The van der Waals surface area contributed by atoms with Crippen LogP contribution in [0.3, 0.4) is 0 Å². The molecular formula is C11H23NO2. The molecule has 3 nitrogen and oxygen atoms in total. The van der Waals surface area contributed by atoms with Gasteiger partial charge in [0.05, 0.1) is 5.92 Å². The van der Waals surface area contributed by atoms with Gasteiger partial charge >= 0.3 is 5.97 Å². The number of hydrogen-bond acceptors (Lipinski definition) is 2. The van der Waals surface area contributed by atoms with E-state index in [4.69, 9.17) is 5.11 Å². The number of nitrogens with zero attached hydrogens (tertiary/aromatic N) is 1. The summed E-state index contributed by atoms with van der Waals surface area (Å²) in [4.78, 5) is 13.1. The maximum absolute atomic E-state index is 10.9. The standard InChI is InChI=1S/C11H23NO2/c1-5-7-10(11(13)14)8-12(6-2)9(3)4/h9-10H,5-8H2,1-4H3,(H,13,14). The molecule has 84 valence electrons. The fourth-order valence-corrected chi connectivity index (χ4v) is 1.63. The molecule has 0 rings (SSSR count). The average Bonchev–Trinajstić information content (AvgIpc) is 2.11. The van der Waals surface area contributed by atoms with Crippen LogP contribution in [0.25, 0.3) is 0 Å². The molecule has 1 unspecified atom stereocenters. The molecule has 0 aromatic heterocycles. The third-order valence-corrected chi connectivity index (χ3v) is 2.58. The second kappa shape index (κ2) is 6.82. The molecule has 0 aliphatic heterocycles. The zero-order valence-electron chi connectivity index (χ0n) is 9.79. The summed E-state index contributed by atoms with van der Waals surface area (Å²) in [5.74, 6) is -0.867. The van der Waals surface area contributed by atoms with E-state index in [1.807, 2.05) is 6.92 Å². The lowest BCUT2D eigenvalue weighted by Crippen LogP contribution is -2.37. The van der Waals surface area contributed by atoms with Crippen molar-refractivity contribution in [2.45, 2.75) is 46.6 Å². The molecule has 0 aromatic rings. The molecule has 1 atom stereocenters. The number of aliphatic carboxylic acids is 1. The summed E-state index contributed by atoms with van der Waals surface area (Å²) in [5.41, 5.74) is 0. The number of hydrogen-bond donors (Lipinski definition) is 1. The van der Waals surface area contributed by atoms with Gasteiger partial charge in [-0.05, 0) is 26.8 Å². The monoisotopic (exact) mass is 201 g/mol. The minimum absolute atomic E-state index is 0.206. The van der Waals surface area contributed by atoms with E-state index in [1.165, 1.54) is 0 Å².